The average molecular weight is 222 g/mol. The van der Waals surface area contributed by atoms with Gasteiger partial charge in [-0.15, -0.1) is 0 Å². The topological polar surface area (TPSA) is 45.8 Å². The van der Waals surface area contributed by atoms with Crippen molar-refractivity contribution in [1.82, 2.24) is 9.97 Å². The van der Waals surface area contributed by atoms with Crippen LogP contribution >= 0.6 is 0 Å². The molecule has 0 spiro atoms. The van der Waals surface area contributed by atoms with Crippen LogP contribution in [0, 0.1) is 0 Å². The van der Waals surface area contributed by atoms with Crippen LogP contribution < -0.4 is 5.56 Å². The third-order valence-corrected chi connectivity index (χ3v) is 2.74. The Kier molecular flexibility index (Phi) is 2.22. The largest absolute Gasteiger partial charge is 0.328 e. The fraction of sp³-hybridized carbons (Fsp3) is 0. The van der Waals surface area contributed by atoms with E-state index in [1.54, 1.807) is 12.4 Å². The molecule has 0 bridgehead atoms. The summed E-state index contributed by atoms with van der Waals surface area (Å²) in [5, 5.41) is 1.93. The summed E-state index contributed by atoms with van der Waals surface area (Å²) >= 11 is 0. The van der Waals surface area contributed by atoms with E-state index >= 15 is 0 Å². The van der Waals surface area contributed by atoms with Crippen LogP contribution in [0.25, 0.3) is 22.0 Å². The van der Waals surface area contributed by atoms with Gasteiger partial charge in [0.25, 0.3) is 5.56 Å². The number of aromatic amines is 1. The molecular weight excluding hydrogens is 212 g/mol. The monoisotopic (exact) mass is 222 g/mol. The van der Waals surface area contributed by atoms with Gasteiger partial charge in [0.15, 0.2) is 0 Å². The molecule has 0 radical (unpaired) electrons. The number of rotatable bonds is 1. The van der Waals surface area contributed by atoms with Crippen molar-refractivity contribution in [2.24, 2.45) is 0 Å². The highest BCUT2D eigenvalue weighted by Crippen LogP contribution is 2.22. The quantitative estimate of drug-likeness (QED) is 0.687. The van der Waals surface area contributed by atoms with E-state index in [2.05, 4.69) is 9.97 Å². The number of aromatic nitrogens is 2. The summed E-state index contributed by atoms with van der Waals surface area (Å²) in [5.41, 5.74) is 1.22. The van der Waals surface area contributed by atoms with Gasteiger partial charge in [-0.1, -0.05) is 30.3 Å². The molecule has 3 rings (SSSR count). The first-order valence-corrected chi connectivity index (χ1v) is 5.38. The van der Waals surface area contributed by atoms with E-state index in [0.29, 0.717) is 11.3 Å². The summed E-state index contributed by atoms with van der Waals surface area (Å²) < 4.78 is 0. The first-order valence-electron chi connectivity index (χ1n) is 5.38. The molecule has 0 saturated carbocycles. The molecule has 1 N–H and O–H groups in total. The third kappa shape index (κ3) is 1.61. The number of pyridine rings is 2. The lowest BCUT2D eigenvalue weighted by atomic mass is 10.0. The summed E-state index contributed by atoms with van der Waals surface area (Å²) in [7, 11) is 0. The Bertz CT molecular complexity index is 717. The molecule has 3 nitrogen and oxygen atoms in total. The predicted octanol–water partition coefficient (Wildman–Crippen LogP) is 2.59. The molecule has 3 aromatic rings. The van der Waals surface area contributed by atoms with Crippen LogP contribution in [0.4, 0.5) is 0 Å². The van der Waals surface area contributed by atoms with Gasteiger partial charge in [0, 0.05) is 12.4 Å². The fourth-order valence-electron chi connectivity index (χ4n) is 1.95. The van der Waals surface area contributed by atoms with Crippen LogP contribution in [-0.4, -0.2) is 9.97 Å². The highest BCUT2D eigenvalue weighted by Gasteiger charge is 2.08. The minimum absolute atomic E-state index is 0.109. The van der Waals surface area contributed by atoms with E-state index < -0.39 is 0 Å². The number of nitrogens with one attached hydrogen (secondary N) is 1. The van der Waals surface area contributed by atoms with E-state index in [9.17, 15) is 4.79 Å². The second kappa shape index (κ2) is 3.87. The zero-order chi connectivity index (χ0) is 11.7. The Morgan fingerprint density at radius 3 is 2.65 bits per heavy atom. The van der Waals surface area contributed by atoms with E-state index in [0.717, 1.165) is 10.8 Å². The van der Waals surface area contributed by atoms with Gasteiger partial charge in [-0.3, -0.25) is 9.78 Å². The molecule has 0 atom stereocenters. The maximum atomic E-state index is 11.9. The second-order valence-corrected chi connectivity index (χ2v) is 3.80. The smallest absolute Gasteiger partial charge is 0.258 e. The Balaban J connectivity index is 2.43. The van der Waals surface area contributed by atoms with Gasteiger partial charge in [-0.05, 0) is 22.9 Å². The molecule has 2 heterocycles. The van der Waals surface area contributed by atoms with Crippen LogP contribution in [0.15, 0.2) is 59.7 Å². The maximum absolute atomic E-state index is 11.9. The molecule has 0 unspecified atom stereocenters. The summed E-state index contributed by atoms with van der Waals surface area (Å²) in [6, 6.07) is 13.3. The van der Waals surface area contributed by atoms with E-state index in [-0.39, 0.29) is 5.56 Å². The molecular formula is C14H10N2O. The molecule has 2 aromatic heterocycles. The van der Waals surface area contributed by atoms with Gasteiger partial charge >= 0.3 is 0 Å². The van der Waals surface area contributed by atoms with Crippen molar-refractivity contribution in [1.29, 1.82) is 0 Å². The van der Waals surface area contributed by atoms with Crippen molar-refractivity contribution < 1.29 is 0 Å². The predicted molar refractivity (Wildman–Crippen MR) is 67.8 cm³/mol. The van der Waals surface area contributed by atoms with Gasteiger partial charge in [0.1, 0.15) is 0 Å². The van der Waals surface area contributed by atoms with Gasteiger partial charge in [-0.2, -0.15) is 0 Å². The Hall–Kier alpha value is -2.42. The van der Waals surface area contributed by atoms with Crippen LogP contribution in [0.3, 0.4) is 0 Å². The Labute approximate surface area is 97.8 Å². The zero-order valence-electron chi connectivity index (χ0n) is 9.05. The molecule has 3 heteroatoms. The minimum Gasteiger partial charge on any atom is -0.328 e. The van der Waals surface area contributed by atoms with Crippen LogP contribution in [0.1, 0.15) is 0 Å². The molecule has 1 aromatic carbocycles. The SMILES string of the molecule is O=c1[nH]cc2ccccc2c1-c1ccccn1. The van der Waals surface area contributed by atoms with Crippen molar-refractivity contribution in [3.63, 3.8) is 0 Å². The molecule has 0 aliphatic heterocycles. The molecule has 0 saturated heterocycles. The fourth-order valence-corrected chi connectivity index (χ4v) is 1.95. The standard InChI is InChI=1S/C14H10N2O/c17-14-13(12-7-3-4-8-15-12)11-6-2-1-5-10(11)9-16-14/h1-9H,(H,16,17). The van der Waals surface area contributed by atoms with Crippen LogP contribution in [0.5, 0.6) is 0 Å². The molecule has 17 heavy (non-hydrogen) atoms. The molecule has 82 valence electrons. The molecule has 0 amide bonds. The highest BCUT2D eigenvalue weighted by molar-refractivity contribution is 5.94. The first-order chi connectivity index (χ1) is 8.36. The lowest BCUT2D eigenvalue weighted by Gasteiger charge is -2.04. The summed E-state index contributed by atoms with van der Waals surface area (Å²) in [6.45, 7) is 0. The summed E-state index contributed by atoms with van der Waals surface area (Å²) in [4.78, 5) is 18.9. The van der Waals surface area contributed by atoms with Crippen LogP contribution in [0.2, 0.25) is 0 Å². The second-order valence-electron chi connectivity index (χ2n) is 3.80. The van der Waals surface area contributed by atoms with Gasteiger partial charge < -0.3 is 4.98 Å². The maximum Gasteiger partial charge on any atom is 0.258 e. The first kappa shape index (κ1) is 9.78. The minimum atomic E-state index is -0.109. The lowest BCUT2D eigenvalue weighted by Crippen LogP contribution is -2.09. The van der Waals surface area contributed by atoms with Crippen molar-refractivity contribution in [3.05, 3.63) is 65.2 Å². The van der Waals surface area contributed by atoms with Crippen molar-refractivity contribution >= 4 is 10.8 Å². The molecule has 0 aliphatic rings. The lowest BCUT2D eigenvalue weighted by molar-refractivity contribution is 1.24. The molecule has 0 fully saturated rings. The number of hydrogen-bond acceptors (Lipinski definition) is 2. The number of benzene rings is 1. The number of hydrogen-bond donors (Lipinski definition) is 1. The number of H-pyrrole nitrogens is 1. The van der Waals surface area contributed by atoms with Crippen molar-refractivity contribution in [2.75, 3.05) is 0 Å². The van der Waals surface area contributed by atoms with Crippen LogP contribution in [-0.2, 0) is 0 Å². The summed E-state index contributed by atoms with van der Waals surface area (Å²) in [5.74, 6) is 0. The number of fused-ring (bicyclic) bond motifs is 1. The van der Waals surface area contributed by atoms with Gasteiger partial charge in [0.05, 0.1) is 11.3 Å². The Morgan fingerprint density at radius 1 is 1.00 bits per heavy atom. The normalized spacial score (nSPS) is 10.6. The average Bonchev–Trinajstić information content (AvgIpc) is 2.39. The van der Waals surface area contributed by atoms with E-state index in [4.69, 9.17) is 0 Å². The van der Waals surface area contributed by atoms with Gasteiger partial charge in [0.2, 0.25) is 0 Å². The summed E-state index contributed by atoms with van der Waals surface area (Å²) in [6.07, 6.45) is 3.42. The molecule has 0 aliphatic carbocycles. The Morgan fingerprint density at radius 2 is 1.82 bits per heavy atom. The zero-order valence-corrected chi connectivity index (χ0v) is 9.05. The van der Waals surface area contributed by atoms with E-state index in [1.807, 2.05) is 42.5 Å². The van der Waals surface area contributed by atoms with Crippen molar-refractivity contribution in [3.8, 4) is 11.3 Å². The highest BCUT2D eigenvalue weighted by atomic mass is 16.1. The third-order valence-electron chi connectivity index (χ3n) is 2.74. The van der Waals surface area contributed by atoms with Gasteiger partial charge in [-0.25, -0.2) is 0 Å². The number of nitrogens with zero attached hydrogens (tertiary/aromatic N) is 1. The van der Waals surface area contributed by atoms with E-state index in [1.165, 1.54) is 0 Å². The van der Waals surface area contributed by atoms with Crippen molar-refractivity contribution in [2.45, 2.75) is 0 Å².